The van der Waals surface area contributed by atoms with Crippen LogP contribution < -0.4 is 15.5 Å². The molecule has 4 rings (SSSR count). The molecule has 0 spiro atoms. The van der Waals surface area contributed by atoms with Gasteiger partial charge in [-0.1, -0.05) is 0 Å². The minimum Gasteiger partial charge on any atom is -0.368 e. The Morgan fingerprint density at radius 3 is 2.24 bits per heavy atom. The molecule has 1 aliphatic heterocycles. The van der Waals surface area contributed by atoms with Crippen LogP contribution in [0.25, 0.3) is 0 Å². The van der Waals surface area contributed by atoms with Crippen LogP contribution in [0.1, 0.15) is 21.7 Å². The third kappa shape index (κ3) is 6.82. The van der Waals surface area contributed by atoms with Crippen LogP contribution >= 0.6 is 11.5 Å². The summed E-state index contributed by atoms with van der Waals surface area (Å²) in [6, 6.07) is 3.27. The lowest BCUT2D eigenvalue weighted by Gasteiger charge is -2.36. The first-order chi connectivity index (χ1) is 17.4. The zero-order valence-electron chi connectivity index (χ0n) is 19.2. The Balaban J connectivity index is 1.38. The van der Waals surface area contributed by atoms with E-state index in [1.165, 1.54) is 11.1 Å². The quantitative estimate of drug-likeness (QED) is 0.441. The smallest absolute Gasteiger partial charge is 0.368 e. The molecular weight excluding hydrogens is 526 g/mol. The van der Waals surface area contributed by atoms with Crippen LogP contribution in [0, 0.1) is 6.92 Å². The summed E-state index contributed by atoms with van der Waals surface area (Å²) in [5, 5.41) is 5.67. The third-order valence-corrected chi connectivity index (χ3v) is 6.26. The third-order valence-electron chi connectivity index (χ3n) is 5.40. The Hall–Kier alpha value is -3.53. The summed E-state index contributed by atoms with van der Waals surface area (Å²) >= 11 is 0.931. The standard InChI is InChI=1S/C21H20F6N8OS/c1-12-17(19(37-33-12)32-16-10-28-14(9-30-16)21(25,26)27)18(36)31-15-3-2-13(8-29-15)35-6-4-34(5-7-35)11-20(22,23)24/h2-3,8-10H,4-7,11H2,1H3,(H,30,32)(H,29,31,36). The SMILES string of the molecule is Cc1nsc(Nc2cnc(C(F)(F)F)cn2)c1C(=O)Nc1ccc(N2CCN(CC(F)(F)F)CC2)cn1. The van der Waals surface area contributed by atoms with Crippen LogP contribution in [0.4, 0.5) is 48.7 Å². The monoisotopic (exact) mass is 546 g/mol. The molecule has 4 heterocycles. The maximum absolute atomic E-state index is 12.9. The van der Waals surface area contributed by atoms with Crippen LogP contribution in [0.15, 0.2) is 30.7 Å². The van der Waals surface area contributed by atoms with Crippen molar-refractivity contribution in [2.45, 2.75) is 19.3 Å². The predicted octanol–water partition coefficient (Wildman–Crippen LogP) is 4.34. The van der Waals surface area contributed by atoms with E-state index < -0.39 is 30.5 Å². The fourth-order valence-electron chi connectivity index (χ4n) is 3.62. The second kappa shape index (κ2) is 10.5. The van der Waals surface area contributed by atoms with Gasteiger partial charge in [0.1, 0.15) is 16.6 Å². The van der Waals surface area contributed by atoms with Crippen molar-refractivity contribution < 1.29 is 31.1 Å². The van der Waals surface area contributed by atoms with Gasteiger partial charge in [0.15, 0.2) is 5.69 Å². The van der Waals surface area contributed by atoms with Gasteiger partial charge in [-0.2, -0.15) is 30.7 Å². The highest BCUT2D eigenvalue weighted by molar-refractivity contribution is 7.10. The van der Waals surface area contributed by atoms with Gasteiger partial charge in [0.2, 0.25) is 0 Å². The lowest BCUT2D eigenvalue weighted by atomic mass is 10.2. The number of amides is 1. The first-order valence-electron chi connectivity index (χ1n) is 10.8. The number of carbonyl (C=O) groups is 1. The molecule has 0 aromatic carbocycles. The Morgan fingerprint density at radius 1 is 0.973 bits per heavy atom. The molecule has 1 amide bonds. The number of nitrogens with one attached hydrogen (secondary N) is 2. The van der Waals surface area contributed by atoms with Gasteiger partial charge in [-0.05, 0) is 30.6 Å². The molecule has 0 radical (unpaired) electrons. The summed E-state index contributed by atoms with van der Waals surface area (Å²) in [4.78, 5) is 27.4. The van der Waals surface area contributed by atoms with E-state index in [1.807, 2.05) is 4.90 Å². The fraction of sp³-hybridized carbons (Fsp3) is 0.381. The highest BCUT2D eigenvalue weighted by Gasteiger charge is 2.33. The predicted molar refractivity (Wildman–Crippen MR) is 124 cm³/mol. The molecule has 16 heteroatoms. The lowest BCUT2D eigenvalue weighted by Crippen LogP contribution is -2.49. The molecule has 198 valence electrons. The van der Waals surface area contributed by atoms with Crippen molar-refractivity contribution in [3.63, 3.8) is 0 Å². The summed E-state index contributed by atoms with van der Waals surface area (Å²) in [7, 11) is 0. The van der Waals surface area contributed by atoms with Gasteiger partial charge in [-0.3, -0.25) is 9.69 Å². The Labute approximate surface area is 210 Å². The number of rotatable bonds is 6. The van der Waals surface area contributed by atoms with E-state index in [1.54, 1.807) is 19.1 Å². The van der Waals surface area contributed by atoms with E-state index in [-0.39, 0.29) is 35.3 Å². The largest absolute Gasteiger partial charge is 0.434 e. The van der Waals surface area contributed by atoms with Crippen molar-refractivity contribution in [1.82, 2.24) is 24.2 Å². The molecule has 3 aromatic rings. The van der Waals surface area contributed by atoms with Crippen molar-refractivity contribution in [2.24, 2.45) is 0 Å². The van der Waals surface area contributed by atoms with E-state index >= 15 is 0 Å². The van der Waals surface area contributed by atoms with Crippen LogP contribution in [0.5, 0.6) is 0 Å². The number of aryl methyl sites for hydroxylation is 1. The highest BCUT2D eigenvalue weighted by atomic mass is 32.1. The van der Waals surface area contributed by atoms with Gasteiger partial charge in [-0.25, -0.2) is 15.0 Å². The van der Waals surface area contributed by atoms with Crippen molar-refractivity contribution in [3.8, 4) is 0 Å². The summed E-state index contributed by atoms with van der Waals surface area (Å²) in [6.45, 7) is 2.01. The molecule has 1 aliphatic rings. The van der Waals surface area contributed by atoms with Crippen LogP contribution in [-0.2, 0) is 6.18 Å². The fourth-order valence-corrected chi connectivity index (χ4v) is 4.42. The number of halogens is 6. The number of nitrogens with zero attached hydrogens (tertiary/aromatic N) is 6. The molecule has 1 saturated heterocycles. The van der Waals surface area contributed by atoms with Crippen molar-refractivity contribution >= 4 is 39.8 Å². The van der Waals surface area contributed by atoms with E-state index in [2.05, 4.69) is 30.0 Å². The number of hydrogen-bond acceptors (Lipinski definition) is 9. The molecule has 0 unspecified atom stereocenters. The zero-order chi connectivity index (χ0) is 26.8. The van der Waals surface area contributed by atoms with Gasteiger partial charge >= 0.3 is 12.4 Å². The Bertz CT molecular complexity index is 1220. The molecular formula is C21H20F6N8OS. The number of alkyl halides is 6. The first-order valence-corrected chi connectivity index (χ1v) is 11.6. The van der Waals surface area contributed by atoms with Crippen LogP contribution in [0.3, 0.4) is 0 Å². The second-order valence-electron chi connectivity index (χ2n) is 8.12. The normalized spacial score (nSPS) is 15.1. The van der Waals surface area contributed by atoms with Gasteiger partial charge in [0.25, 0.3) is 5.91 Å². The summed E-state index contributed by atoms with van der Waals surface area (Å²) in [5.41, 5.74) is 0.118. The van der Waals surface area contributed by atoms with Gasteiger partial charge < -0.3 is 15.5 Å². The van der Waals surface area contributed by atoms with E-state index in [4.69, 9.17) is 0 Å². The van der Waals surface area contributed by atoms with Gasteiger partial charge in [0, 0.05) is 26.2 Å². The molecule has 37 heavy (non-hydrogen) atoms. The lowest BCUT2D eigenvalue weighted by molar-refractivity contribution is -0.146. The molecule has 2 N–H and O–H groups in total. The number of piperazine rings is 1. The average molecular weight is 547 g/mol. The number of aromatic nitrogens is 4. The van der Waals surface area contributed by atoms with Gasteiger partial charge in [0.05, 0.1) is 42.1 Å². The van der Waals surface area contributed by atoms with E-state index in [0.717, 1.165) is 17.7 Å². The Morgan fingerprint density at radius 2 is 1.68 bits per heavy atom. The second-order valence-corrected chi connectivity index (χ2v) is 8.89. The topological polar surface area (TPSA) is 99.2 Å². The van der Waals surface area contributed by atoms with E-state index in [0.29, 0.717) is 30.7 Å². The van der Waals surface area contributed by atoms with Crippen molar-refractivity contribution in [3.05, 3.63) is 47.7 Å². The minimum atomic E-state index is -4.62. The zero-order valence-corrected chi connectivity index (χ0v) is 20.0. The van der Waals surface area contributed by atoms with Crippen LogP contribution in [-0.4, -0.2) is 69.0 Å². The number of carbonyl (C=O) groups excluding carboxylic acids is 1. The highest BCUT2D eigenvalue weighted by Crippen LogP contribution is 2.30. The molecule has 9 nitrogen and oxygen atoms in total. The number of anilines is 4. The molecule has 0 atom stereocenters. The van der Waals surface area contributed by atoms with Crippen molar-refractivity contribution in [1.29, 1.82) is 0 Å². The molecule has 0 aliphatic carbocycles. The maximum Gasteiger partial charge on any atom is 0.434 e. The number of hydrogen-bond donors (Lipinski definition) is 2. The summed E-state index contributed by atoms with van der Waals surface area (Å²) in [5.74, 6) is -0.312. The Kier molecular flexibility index (Phi) is 7.49. The van der Waals surface area contributed by atoms with Crippen LogP contribution in [0.2, 0.25) is 0 Å². The summed E-state index contributed by atoms with van der Waals surface area (Å²) in [6.07, 6.45) is -5.85. The summed E-state index contributed by atoms with van der Waals surface area (Å²) < 4.78 is 79.9. The molecule has 0 saturated carbocycles. The van der Waals surface area contributed by atoms with Crippen molar-refractivity contribution in [2.75, 3.05) is 48.3 Å². The van der Waals surface area contributed by atoms with Gasteiger partial charge in [-0.15, -0.1) is 0 Å². The van der Waals surface area contributed by atoms with E-state index in [9.17, 15) is 31.1 Å². The average Bonchev–Trinajstić information content (AvgIpc) is 3.19. The molecule has 0 bridgehead atoms. The molecule has 3 aromatic heterocycles. The minimum absolute atomic E-state index is 0.00325. The molecule has 1 fully saturated rings. The first kappa shape index (κ1) is 26.5. The number of pyridine rings is 1. The maximum atomic E-state index is 12.9.